The van der Waals surface area contributed by atoms with Gasteiger partial charge in [-0.05, 0) is 187 Å². The van der Waals surface area contributed by atoms with E-state index in [9.17, 15) is 44.3 Å². The number of nitriles is 2. The monoisotopic (exact) mass is 1840 g/mol. The minimum atomic E-state index is -4.74. The molecule has 5 heterocycles. The molecule has 0 atom stereocenters. The van der Waals surface area contributed by atoms with Gasteiger partial charge in [0.05, 0.1) is 85.7 Å². The number of hydrogen-bond acceptors (Lipinski definition) is 19. The number of ether oxygens (including phenoxy) is 3. The number of terminal acetylenes is 2. The van der Waals surface area contributed by atoms with Crippen LogP contribution < -0.4 is 29.7 Å². The first-order valence-electron chi connectivity index (χ1n) is 30.6. The van der Waals surface area contributed by atoms with Gasteiger partial charge in [-0.3, -0.25) is 14.6 Å². The summed E-state index contributed by atoms with van der Waals surface area (Å²) in [6.45, 7) is 7.60. The van der Waals surface area contributed by atoms with Crippen LogP contribution in [-0.4, -0.2) is 111 Å². The Kier molecular flexibility index (Phi) is 28.7. The van der Waals surface area contributed by atoms with E-state index in [-0.39, 0.29) is 52.5 Å². The van der Waals surface area contributed by atoms with Crippen molar-refractivity contribution in [3.05, 3.63) is 212 Å². The van der Waals surface area contributed by atoms with Gasteiger partial charge < -0.3 is 29.7 Å². The second kappa shape index (κ2) is 37.3. The second-order valence-corrected chi connectivity index (χ2v) is 29.6. The van der Waals surface area contributed by atoms with E-state index in [1.54, 1.807) is 24.5 Å². The zero-order valence-corrected chi connectivity index (χ0v) is 63.6. The number of anilines is 2. The quantitative estimate of drug-likeness (QED) is 0.0325. The highest BCUT2D eigenvalue weighted by Crippen LogP contribution is 2.43. The summed E-state index contributed by atoms with van der Waals surface area (Å²) < 4.78 is 142. The van der Waals surface area contributed by atoms with Crippen molar-refractivity contribution in [1.82, 2.24) is 39.7 Å². The molecule has 2 aliphatic heterocycles. The molecule has 104 heavy (non-hydrogen) atoms. The molecule has 0 aliphatic carbocycles. The van der Waals surface area contributed by atoms with Crippen LogP contribution in [0.5, 0.6) is 17.6 Å². The van der Waals surface area contributed by atoms with E-state index in [1.165, 1.54) is 30.5 Å². The first-order chi connectivity index (χ1) is 49.7. The molecule has 0 bridgehead atoms. The Hall–Kier alpha value is -8.05. The maximum atomic E-state index is 13.6. The number of aromatic nitrogens is 6. The number of piperazine rings is 2. The number of alkyl halides is 9. The lowest BCUT2D eigenvalue weighted by Crippen LogP contribution is -2.47. The highest BCUT2D eigenvalue weighted by atomic mass is 127. The summed E-state index contributed by atoms with van der Waals surface area (Å²) in [5, 5.41) is 18.0. The van der Waals surface area contributed by atoms with Gasteiger partial charge in [0.1, 0.15) is 19.8 Å². The molecule has 2 saturated heterocycles. The van der Waals surface area contributed by atoms with Gasteiger partial charge in [-0.25, -0.2) is 15.0 Å². The summed E-state index contributed by atoms with van der Waals surface area (Å²) in [6.07, 6.45) is 1.30. The Bertz CT molecular complexity index is 4720. The molecule has 0 spiro atoms. The molecule has 0 radical (unpaired) electrons. The SMILES string of the molecule is C#CCN1CCN(c2ncc(Sc3ccc(C#N)c(C(F)(F)F)c3)c(OCc3cccc(I)c3)n2)CC1.C#CCN1CCN(c2ncc(Sc3ccc(C(N)=O)c(C(F)(F)F)c3)c(OCc3cccc(I)c3)n2)CC1.N#Cc1ccc(Sc2cnc(Cl)nc2OCc2cccc(I)c2)cc1C(F)(F)F. The van der Waals surface area contributed by atoms with Crippen LogP contribution in [0.2, 0.25) is 5.28 Å². The molecule has 9 aromatic rings. The van der Waals surface area contributed by atoms with Gasteiger partial charge in [0.2, 0.25) is 40.7 Å². The molecule has 2 N–H and O–H groups in total. The van der Waals surface area contributed by atoms with Gasteiger partial charge in [0, 0.05) is 84.0 Å². The van der Waals surface area contributed by atoms with Crippen LogP contribution in [0.15, 0.2) is 175 Å². The predicted molar refractivity (Wildman–Crippen MR) is 401 cm³/mol. The van der Waals surface area contributed by atoms with Crippen molar-refractivity contribution in [3.8, 4) is 54.5 Å². The molecule has 6 aromatic carbocycles. The van der Waals surface area contributed by atoms with E-state index >= 15 is 0 Å². The van der Waals surface area contributed by atoms with Gasteiger partial charge >= 0.3 is 18.5 Å². The molecule has 11 rings (SSSR count). The van der Waals surface area contributed by atoms with E-state index in [2.05, 4.69) is 119 Å². The lowest BCUT2D eigenvalue weighted by Gasteiger charge is -2.33. The third-order valence-electron chi connectivity index (χ3n) is 14.9. The van der Waals surface area contributed by atoms with E-state index in [1.807, 2.05) is 82.6 Å². The van der Waals surface area contributed by atoms with Gasteiger partial charge in [-0.15, -0.1) is 12.8 Å². The average Bonchev–Trinajstić information content (AvgIpc) is 0.901. The molecule has 1 amide bonds. The van der Waals surface area contributed by atoms with Gasteiger partial charge in [0.25, 0.3) is 0 Å². The number of amides is 1. The normalized spacial score (nSPS) is 13.4. The summed E-state index contributed by atoms with van der Waals surface area (Å²) in [7, 11) is 0. The zero-order valence-electron chi connectivity index (χ0n) is 53.9. The van der Waals surface area contributed by atoms with Crippen LogP contribution in [0.1, 0.15) is 54.9 Å². The molecule has 2 aliphatic rings. The molecule has 2 fully saturated rings. The largest absolute Gasteiger partial charge is 0.472 e. The number of benzene rings is 6. The maximum Gasteiger partial charge on any atom is 0.417 e. The van der Waals surface area contributed by atoms with Gasteiger partial charge in [-0.2, -0.15) is 65.0 Å². The Morgan fingerprint density at radius 1 is 0.500 bits per heavy atom. The molecular weight excluding hydrogens is 1780 g/mol. The number of primary amides is 1. The van der Waals surface area contributed by atoms with Crippen LogP contribution in [-0.2, 0) is 38.3 Å². The Labute approximate surface area is 650 Å². The first kappa shape index (κ1) is 80.1. The Balaban J connectivity index is 0.000000183. The van der Waals surface area contributed by atoms with E-state index in [4.69, 9.17) is 54.9 Å². The van der Waals surface area contributed by atoms with Gasteiger partial charge in [0.15, 0.2) is 0 Å². The van der Waals surface area contributed by atoms with Crippen molar-refractivity contribution < 1.29 is 58.5 Å². The Morgan fingerprint density at radius 2 is 0.846 bits per heavy atom. The van der Waals surface area contributed by atoms with Crippen molar-refractivity contribution in [1.29, 1.82) is 10.5 Å². The fourth-order valence-corrected chi connectivity index (χ4v) is 14.5. The van der Waals surface area contributed by atoms with E-state index in [0.29, 0.717) is 70.7 Å². The molecular formula is C71H54ClF9I3N13O4S3. The van der Waals surface area contributed by atoms with Crippen LogP contribution in [0, 0.1) is 58.1 Å². The Morgan fingerprint density at radius 3 is 1.18 bits per heavy atom. The van der Waals surface area contributed by atoms with Crippen molar-refractivity contribution in [3.63, 3.8) is 0 Å². The summed E-state index contributed by atoms with van der Waals surface area (Å²) in [5.41, 5.74) is 3.37. The molecule has 33 heteroatoms. The van der Waals surface area contributed by atoms with Crippen LogP contribution in [0.3, 0.4) is 0 Å². The summed E-state index contributed by atoms with van der Waals surface area (Å²) in [4.78, 5) is 48.2. The number of hydrogen-bond donors (Lipinski definition) is 1. The van der Waals surface area contributed by atoms with E-state index < -0.39 is 57.8 Å². The minimum Gasteiger partial charge on any atom is -0.472 e. The van der Waals surface area contributed by atoms with E-state index in [0.717, 1.165) is 119 Å². The third kappa shape index (κ3) is 23.2. The number of halogens is 13. The highest BCUT2D eigenvalue weighted by molar-refractivity contribution is 14.1. The van der Waals surface area contributed by atoms with Crippen molar-refractivity contribution in [2.75, 3.05) is 75.2 Å². The topological polar surface area (TPSA) is 209 Å². The zero-order chi connectivity index (χ0) is 74.7. The number of nitrogens with two attached hydrogens (primary N) is 1. The predicted octanol–water partition coefficient (Wildman–Crippen LogP) is 16.5. The lowest BCUT2D eigenvalue weighted by atomic mass is 10.1. The summed E-state index contributed by atoms with van der Waals surface area (Å²) in [6, 6.07) is 36.8. The number of carbonyl (C=O) groups is 1. The summed E-state index contributed by atoms with van der Waals surface area (Å²) in [5.74, 6) is 5.78. The number of carbonyl (C=O) groups excluding carboxylic acids is 1. The van der Waals surface area contributed by atoms with Crippen LogP contribution in [0.25, 0.3) is 0 Å². The average molecular weight is 1840 g/mol. The van der Waals surface area contributed by atoms with Crippen molar-refractivity contribution in [2.45, 2.75) is 67.7 Å². The standard InChI is InChI=1S/C26H23F3IN5O2S.C26H21F3IN5OS.C19H10ClF3IN3OS/c1-2-8-34-9-11-35(12-10-34)25-32-15-22(24(33-25)37-16-17-4-3-5-18(30)13-17)38-19-6-7-20(23(31)36)21(14-19)26(27,28)29;1-2-8-34-9-11-35(12-10-34)25-32-16-23(24(33-25)36-17-18-4-3-5-20(30)13-18)37-21-7-6-19(15-31)22(14-21)26(27,28)29;20-18-26-9-16(17(27-18)28-10-11-2-1-3-13(24)6-11)29-14-5-4-12(8-25)15(7-14)19(21,22)23/h1,3-7,13-15H,8-12,16H2,(H2,31,36);1,3-7,13-14,16H,8-12,17H2;1-7,9H,10H2. The molecule has 17 nitrogen and oxygen atoms in total. The lowest BCUT2D eigenvalue weighted by molar-refractivity contribution is -0.138. The second-order valence-electron chi connectivity index (χ2n) is 22.2. The number of rotatable bonds is 20. The third-order valence-corrected chi connectivity index (χ3v) is 20.1. The summed E-state index contributed by atoms with van der Waals surface area (Å²) >= 11 is 15.5. The molecule has 0 saturated carbocycles. The molecule has 0 unspecified atom stereocenters. The van der Waals surface area contributed by atoms with Crippen molar-refractivity contribution in [2.24, 2.45) is 5.73 Å². The minimum absolute atomic E-state index is 0.0391. The molecule has 3 aromatic heterocycles. The molecule has 536 valence electrons. The van der Waals surface area contributed by atoms with Crippen molar-refractivity contribution >= 4 is 132 Å². The first-order valence-corrected chi connectivity index (χ1v) is 36.7. The smallest absolute Gasteiger partial charge is 0.417 e. The van der Waals surface area contributed by atoms with Crippen LogP contribution in [0.4, 0.5) is 51.4 Å². The highest BCUT2D eigenvalue weighted by Gasteiger charge is 2.37. The van der Waals surface area contributed by atoms with Gasteiger partial charge in [-0.1, -0.05) is 83.5 Å². The maximum absolute atomic E-state index is 13.6. The van der Waals surface area contributed by atoms with Crippen LogP contribution >= 0.6 is 115 Å². The number of nitrogens with zero attached hydrogens (tertiary/aromatic N) is 12. The fourth-order valence-electron chi connectivity index (χ4n) is 9.91. The fraction of sp³-hybridized carbons (Fsp3) is 0.225.